The Morgan fingerprint density at radius 1 is 1.00 bits per heavy atom. The van der Waals surface area contributed by atoms with Gasteiger partial charge in [0.25, 0.3) is 5.91 Å². The Morgan fingerprint density at radius 2 is 1.65 bits per heavy atom. The number of benzene rings is 1. The smallest absolute Gasteiger partial charge is 0.322 e. The highest BCUT2D eigenvalue weighted by Crippen LogP contribution is 2.19. The molecule has 0 unspecified atom stereocenters. The number of anilines is 1. The molecule has 1 aromatic carbocycles. The van der Waals surface area contributed by atoms with E-state index in [9.17, 15) is 36.0 Å². The van der Waals surface area contributed by atoms with Crippen LogP contribution in [0, 0.1) is 0 Å². The number of pyridine rings is 1. The number of sulfone groups is 1. The number of halogens is 3. The number of carbonyl (C=O) groups is 3. The number of aromatic nitrogens is 1. The van der Waals surface area contributed by atoms with Crippen molar-refractivity contribution in [3.05, 3.63) is 59.8 Å². The van der Waals surface area contributed by atoms with Gasteiger partial charge in [-0.25, -0.2) is 18.2 Å². The maximum atomic E-state index is 13.1. The average Bonchev–Trinajstić information content (AvgIpc) is 2.80. The van der Waals surface area contributed by atoms with Crippen LogP contribution >= 0.6 is 0 Å². The van der Waals surface area contributed by atoms with E-state index >= 15 is 0 Å². The van der Waals surface area contributed by atoms with Crippen molar-refractivity contribution in [2.45, 2.75) is 12.7 Å². The van der Waals surface area contributed by atoms with Gasteiger partial charge in [0.05, 0.1) is 18.1 Å². The second-order valence-corrected chi connectivity index (χ2v) is 9.60. The lowest BCUT2D eigenvalue weighted by molar-refractivity contribution is -0.174. The predicted octanol–water partition coefficient (Wildman–Crippen LogP) is 1.26. The minimum Gasteiger partial charge on any atom is -0.322 e. The first-order chi connectivity index (χ1) is 16.0. The highest BCUT2D eigenvalue weighted by Gasteiger charge is 2.39. The monoisotopic (exact) mass is 499 g/mol. The number of nitrogens with one attached hydrogen (secondary N) is 2. The first-order valence-corrected chi connectivity index (χ1v) is 11.7. The Labute approximate surface area is 192 Å². The number of hydrogen-bond acceptors (Lipinski definition) is 6. The van der Waals surface area contributed by atoms with Crippen LogP contribution in [0.15, 0.2) is 48.7 Å². The third kappa shape index (κ3) is 6.43. The highest BCUT2D eigenvalue weighted by molar-refractivity contribution is 7.91. The van der Waals surface area contributed by atoms with Crippen LogP contribution in [0.2, 0.25) is 0 Å². The van der Waals surface area contributed by atoms with Crippen LogP contribution < -0.4 is 15.8 Å². The lowest BCUT2D eigenvalue weighted by Crippen LogP contribution is -2.50. The van der Waals surface area contributed by atoms with E-state index in [4.69, 9.17) is 0 Å². The Morgan fingerprint density at radius 3 is 2.21 bits per heavy atom. The van der Waals surface area contributed by atoms with E-state index in [2.05, 4.69) is 4.98 Å². The van der Waals surface area contributed by atoms with Gasteiger partial charge >= 0.3 is 18.1 Å². The number of hydrogen-bond donors (Lipinski definition) is 2. The molecule has 0 aliphatic carbocycles. The van der Waals surface area contributed by atoms with E-state index in [0.717, 1.165) is 0 Å². The second-order valence-electron chi connectivity index (χ2n) is 7.30. The number of amides is 4. The van der Waals surface area contributed by atoms with Crippen LogP contribution in [-0.4, -0.2) is 66.9 Å². The van der Waals surface area contributed by atoms with Crippen LogP contribution in [0.1, 0.15) is 15.9 Å². The number of carbonyl (C=O) groups excluding carboxylic acids is 3. The number of rotatable bonds is 4. The molecule has 0 bridgehead atoms. The zero-order chi connectivity index (χ0) is 24.9. The van der Waals surface area contributed by atoms with Crippen LogP contribution in [-0.2, 0) is 21.2 Å². The summed E-state index contributed by atoms with van der Waals surface area (Å²) in [6.07, 6.45) is -3.64. The van der Waals surface area contributed by atoms with Crippen molar-refractivity contribution >= 4 is 33.5 Å². The molecular formula is C20H20F3N5O5S. The van der Waals surface area contributed by atoms with E-state index in [0.29, 0.717) is 11.4 Å². The van der Waals surface area contributed by atoms with E-state index in [1.165, 1.54) is 45.7 Å². The van der Waals surface area contributed by atoms with Gasteiger partial charge in [-0.2, -0.15) is 13.2 Å². The van der Waals surface area contributed by atoms with Crippen molar-refractivity contribution in [3.63, 3.8) is 0 Å². The standard InChI is InChI=1S/C20H20F3N5O5S/c21-20(22,23)18(30)26-25-17(29)15-6-4-14(5-7-15)13-28(16-3-1-2-8-24-16)19(31)27-9-11-34(32,33)12-10-27/h1-8H,9-13H2,(H,25,29)(H,26,30). The molecule has 1 saturated heterocycles. The van der Waals surface area contributed by atoms with E-state index in [1.807, 2.05) is 0 Å². The molecular weight excluding hydrogens is 479 g/mol. The first-order valence-electron chi connectivity index (χ1n) is 9.90. The first kappa shape index (κ1) is 25.0. The van der Waals surface area contributed by atoms with Crippen molar-refractivity contribution in [1.82, 2.24) is 20.7 Å². The van der Waals surface area contributed by atoms with E-state index < -0.39 is 33.9 Å². The molecule has 1 aromatic heterocycles. The molecule has 182 valence electrons. The van der Waals surface area contributed by atoms with Crippen molar-refractivity contribution < 1.29 is 36.0 Å². The van der Waals surface area contributed by atoms with Gasteiger partial charge < -0.3 is 4.90 Å². The Hall–Kier alpha value is -3.68. The van der Waals surface area contributed by atoms with Crippen molar-refractivity contribution in [2.75, 3.05) is 29.5 Å². The molecule has 0 radical (unpaired) electrons. The Balaban J connectivity index is 1.71. The van der Waals surface area contributed by atoms with Gasteiger partial charge in [0.1, 0.15) is 5.82 Å². The summed E-state index contributed by atoms with van der Waals surface area (Å²) in [7, 11) is -3.18. The molecule has 2 aromatic rings. The molecule has 0 spiro atoms. The number of urea groups is 1. The fourth-order valence-electron chi connectivity index (χ4n) is 3.04. The van der Waals surface area contributed by atoms with Gasteiger partial charge in [-0.1, -0.05) is 18.2 Å². The number of nitrogens with zero attached hydrogens (tertiary/aromatic N) is 3. The fourth-order valence-corrected chi connectivity index (χ4v) is 4.24. The Kier molecular flexibility index (Phi) is 7.39. The fraction of sp³-hybridized carbons (Fsp3) is 0.300. The normalized spacial score (nSPS) is 15.3. The molecule has 2 heterocycles. The maximum absolute atomic E-state index is 13.1. The van der Waals surface area contributed by atoms with Crippen LogP contribution in [0.4, 0.5) is 23.8 Å². The van der Waals surface area contributed by atoms with Crippen LogP contribution in [0.25, 0.3) is 0 Å². The van der Waals surface area contributed by atoms with Gasteiger partial charge in [-0.3, -0.25) is 25.3 Å². The number of alkyl halides is 3. The minimum atomic E-state index is -5.14. The topological polar surface area (TPSA) is 129 Å². The molecule has 0 saturated carbocycles. The van der Waals surface area contributed by atoms with Crippen molar-refractivity contribution in [2.24, 2.45) is 0 Å². The summed E-state index contributed by atoms with van der Waals surface area (Å²) in [6, 6.07) is 10.2. The lowest BCUT2D eigenvalue weighted by Gasteiger charge is -2.32. The zero-order valence-electron chi connectivity index (χ0n) is 17.6. The summed E-state index contributed by atoms with van der Waals surface area (Å²) in [4.78, 5) is 42.9. The molecule has 10 nitrogen and oxygen atoms in total. The van der Waals surface area contributed by atoms with Gasteiger partial charge in [0.15, 0.2) is 9.84 Å². The molecule has 3 rings (SSSR count). The maximum Gasteiger partial charge on any atom is 0.472 e. The third-order valence-electron chi connectivity index (χ3n) is 4.88. The van der Waals surface area contributed by atoms with Crippen molar-refractivity contribution in [3.8, 4) is 0 Å². The molecule has 34 heavy (non-hydrogen) atoms. The summed E-state index contributed by atoms with van der Waals surface area (Å²) < 4.78 is 60.0. The zero-order valence-corrected chi connectivity index (χ0v) is 18.4. The summed E-state index contributed by atoms with van der Waals surface area (Å²) in [6.45, 7) is 0.131. The summed E-state index contributed by atoms with van der Waals surface area (Å²) >= 11 is 0. The Bertz CT molecular complexity index is 1140. The molecule has 0 atom stereocenters. The summed E-state index contributed by atoms with van der Waals surface area (Å²) in [5.74, 6) is -3.21. The SMILES string of the molecule is O=C(NNC(=O)C(F)(F)F)c1ccc(CN(C(=O)N2CCS(=O)(=O)CC2)c2ccccn2)cc1. The number of hydrazine groups is 1. The third-order valence-corrected chi connectivity index (χ3v) is 6.48. The largest absolute Gasteiger partial charge is 0.472 e. The van der Waals surface area contributed by atoms with Crippen molar-refractivity contribution in [1.29, 1.82) is 0 Å². The van der Waals surface area contributed by atoms with Crippen LogP contribution in [0.3, 0.4) is 0 Å². The molecule has 2 N–H and O–H groups in total. The van der Waals surface area contributed by atoms with Gasteiger partial charge in [0.2, 0.25) is 0 Å². The van der Waals surface area contributed by atoms with Crippen LogP contribution in [0.5, 0.6) is 0 Å². The molecule has 1 aliphatic heterocycles. The molecule has 1 aliphatic rings. The molecule has 4 amide bonds. The van der Waals surface area contributed by atoms with Gasteiger partial charge in [-0.15, -0.1) is 0 Å². The lowest BCUT2D eigenvalue weighted by atomic mass is 10.1. The minimum absolute atomic E-state index is 0.0248. The van der Waals surface area contributed by atoms with Gasteiger partial charge in [0, 0.05) is 24.8 Å². The van der Waals surface area contributed by atoms with E-state index in [-0.39, 0.29) is 36.7 Å². The second kappa shape index (κ2) is 10.1. The quantitative estimate of drug-likeness (QED) is 0.610. The summed E-state index contributed by atoms with van der Waals surface area (Å²) in [5, 5.41) is 0. The summed E-state index contributed by atoms with van der Waals surface area (Å²) in [5.41, 5.74) is 3.49. The predicted molar refractivity (Wildman–Crippen MR) is 114 cm³/mol. The molecule has 14 heteroatoms. The highest BCUT2D eigenvalue weighted by atomic mass is 32.2. The van der Waals surface area contributed by atoms with Gasteiger partial charge in [-0.05, 0) is 29.8 Å². The average molecular weight is 499 g/mol. The molecule has 1 fully saturated rings. The van der Waals surface area contributed by atoms with E-state index in [1.54, 1.807) is 23.6 Å².